The highest BCUT2D eigenvalue weighted by atomic mass is 127. The van der Waals surface area contributed by atoms with E-state index < -0.39 is 5.91 Å². The predicted molar refractivity (Wildman–Crippen MR) is 147 cm³/mol. The number of aryl methyl sites for hydroxylation is 1. The molecule has 0 saturated carbocycles. The van der Waals surface area contributed by atoms with Crippen LogP contribution in [0.25, 0.3) is 6.08 Å². The minimum atomic E-state index is -0.476. The van der Waals surface area contributed by atoms with E-state index in [1.807, 2.05) is 61.5 Å². The van der Waals surface area contributed by atoms with Gasteiger partial charge in [0.25, 0.3) is 5.91 Å². The molecule has 0 aliphatic carbocycles. The molecule has 1 amide bonds. The Kier molecular flexibility index (Phi) is 9.54. The van der Waals surface area contributed by atoms with Gasteiger partial charge < -0.3 is 14.8 Å². The van der Waals surface area contributed by atoms with Crippen LogP contribution in [0.2, 0.25) is 0 Å². The van der Waals surface area contributed by atoms with Crippen molar-refractivity contribution in [3.05, 3.63) is 91.0 Å². The number of rotatable bonds is 9. The normalized spacial score (nSPS) is 11.0. The van der Waals surface area contributed by atoms with Crippen molar-refractivity contribution < 1.29 is 14.3 Å². The average Bonchev–Trinajstić information content (AvgIpc) is 2.84. The number of nitrogens with zero attached hydrogens (tertiary/aromatic N) is 1. The highest BCUT2D eigenvalue weighted by molar-refractivity contribution is 14.1. The molecule has 0 aliphatic heterocycles. The number of carbonyl (C=O) groups is 1. The summed E-state index contributed by atoms with van der Waals surface area (Å²) >= 11 is 5.80. The summed E-state index contributed by atoms with van der Waals surface area (Å²) in [7, 11) is 0. The van der Waals surface area contributed by atoms with Crippen molar-refractivity contribution in [2.45, 2.75) is 26.9 Å². The zero-order valence-electron chi connectivity index (χ0n) is 18.9. The van der Waals surface area contributed by atoms with E-state index in [0.29, 0.717) is 40.4 Å². The summed E-state index contributed by atoms with van der Waals surface area (Å²) in [5, 5.41) is 12.4. The Morgan fingerprint density at radius 2 is 1.68 bits per heavy atom. The summed E-state index contributed by atoms with van der Waals surface area (Å²) in [5.74, 6) is 0.634. The van der Waals surface area contributed by atoms with E-state index in [-0.39, 0.29) is 5.57 Å². The molecule has 0 fully saturated rings. The Labute approximate surface area is 222 Å². The van der Waals surface area contributed by atoms with E-state index in [1.165, 1.54) is 11.6 Å². The third-order valence-electron chi connectivity index (χ3n) is 4.96. The van der Waals surface area contributed by atoms with Crippen LogP contribution in [0.15, 0.2) is 70.7 Å². The summed E-state index contributed by atoms with van der Waals surface area (Å²) in [5.41, 5.74) is 3.47. The molecular formula is C27H24BrIN2O3. The fourth-order valence-electron chi connectivity index (χ4n) is 3.11. The molecule has 3 rings (SSSR count). The summed E-state index contributed by atoms with van der Waals surface area (Å²) < 4.78 is 13.6. The van der Waals surface area contributed by atoms with E-state index in [9.17, 15) is 10.1 Å². The van der Waals surface area contributed by atoms with Crippen molar-refractivity contribution in [1.29, 1.82) is 5.26 Å². The standard InChI is InChI=1S/C27H24BrIN2O3/c1-3-18-7-11-23(12-8-18)31-27(32)21(16-30)13-20-14-25(33-4-2)26(15-24(20)28)34-17-19-5-9-22(29)10-6-19/h5-15H,3-4,17H2,1-2H3,(H,31,32)/b21-13+. The van der Waals surface area contributed by atoms with Gasteiger partial charge in [-0.1, -0.05) is 47.1 Å². The third-order valence-corrected chi connectivity index (χ3v) is 6.36. The average molecular weight is 631 g/mol. The zero-order chi connectivity index (χ0) is 24.5. The van der Waals surface area contributed by atoms with E-state index in [2.05, 4.69) is 50.8 Å². The molecule has 0 radical (unpaired) electrons. The van der Waals surface area contributed by atoms with Crippen LogP contribution in [0.1, 0.15) is 30.5 Å². The van der Waals surface area contributed by atoms with Crippen LogP contribution in [-0.4, -0.2) is 12.5 Å². The molecule has 0 aliphatic rings. The molecular weight excluding hydrogens is 607 g/mol. The molecule has 0 aromatic heterocycles. The van der Waals surface area contributed by atoms with E-state index in [4.69, 9.17) is 9.47 Å². The second-order valence-electron chi connectivity index (χ2n) is 7.34. The van der Waals surface area contributed by atoms with Crippen LogP contribution < -0.4 is 14.8 Å². The number of anilines is 1. The molecule has 3 aromatic carbocycles. The number of halogens is 2. The van der Waals surface area contributed by atoms with Gasteiger partial charge in [-0.2, -0.15) is 5.26 Å². The molecule has 0 bridgehead atoms. The summed E-state index contributed by atoms with van der Waals surface area (Å²) in [6, 6.07) is 21.2. The van der Waals surface area contributed by atoms with Crippen LogP contribution in [0, 0.1) is 14.9 Å². The highest BCUT2D eigenvalue weighted by Crippen LogP contribution is 2.35. The van der Waals surface area contributed by atoms with Crippen molar-refractivity contribution in [3.63, 3.8) is 0 Å². The van der Waals surface area contributed by atoms with Crippen LogP contribution in [0.5, 0.6) is 11.5 Å². The Morgan fingerprint density at radius 3 is 2.29 bits per heavy atom. The number of carbonyl (C=O) groups excluding carboxylic acids is 1. The summed E-state index contributed by atoms with van der Waals surface area (Å²) in [4.78, 5) is 12.7. The lowest BCUT2D eigenvalue weighted by molar-refractivity contribution is -0.112. The Morgan fingerprint density at radius 1 is 1.03 bits per heavy atom. The second kappa shape index (κ2) is 12.6. The summed E-state index contributed by atoms with van der Waals surface area (Å²) in [6.45, 7) is 4.79. The summed E-state index contributed by atoms with van der Waals surface area (Å²) in [6.07, 6.45) is 2.45. The molecule has 3 aromatic rings. The molecule has 1 N–H and O–H groups in total. The molecule has 0 unspecified atom stereocenters. The van der Waals surface area contributed by atoms with Gasteiger partial charge in [0.15, 0.2) is 11.5 Å². The van der Waals surface area contributed by atoms with Crippen molar-refractivity contribution in [1.82, 2.24) is 0 Å². The van der Waals surface area contributed by atoms with E-state index in [0.717, 1.165) is 15.6 Å². The number of hydrogen-bond acceptors (Lipinski definition) is 4. The second-order valence-corrected chi connectivity index (χ2v) is 9.44. The Bertz CT molecular complexity index is 1220. The number of hydrogen-bond donors (Lipinski definition) is 1. The number of amides is 1. The minimum Gasteiger partial charge on any atom is -0.490 e. The maximum Gasteiger partial charge on any atom is 0.266 e. The Balaban J connectivity index is 1.82. The first kappa shape index (κ1) is 25.8. The molecule has 0 spiro atoms. The fraction of sp³-hybridized carbons (Fsp3) is 0.185. The van der Waals surface area contributed by atoms with Crippen LogP contribution >= 0.6 is 38.5 Å². The zero-order valence-corrected chi connectivity index (χ0v) is 22.6. The van der Waals surface area contributed by atoms with Crippen LogP contribution in [-0.2, 0) is 17.8 Å². The molecule has 5 nitrogen and oxygen atoms in total. The molecule has 34 heavy (non-hydrogen) atoms. The first-order chi connectivity index (χ1) is 16.4. The third kappa shape index (κ3) is 7.08. The van der Waals surface area contributed by atoms with Crippen molar-refractivity contribution in [2.75, 3.05) is 11.9 Å². The monoisotopic (exact) mass is 630 g/mol. The van der Waals surface area contributed by atoms with Gasteiger partial charge in [-0.3, -0.25) is 4.79 Å². The van der Waals surface area contributed by atoms with Crippen molar-refractivity contribution in [2.24, 2.45) is 0 Å². The van der Waals surface area contributed by atoms with Crippen LogP contribution in [0.4, 0.5) is 5.69 Å². The van der Waals surface area contributed by atoms with Crippen LogP contribution in [0.3, 0.4) is 0 Å². The van der Waals surface area contributed by atoms with Gasteiger partial charge in [0.05, 0.1) is 6.61 Å². The largest absolute Gasteiger partial charge is 0.490 e. The predicted octanol–water partition coefficient (Wildman–Crippen LogP) is 7.14. The number of ether oxygens (including phenoxy) is 2. The maximum atomic E-state index is 12.7. The van der Waals surface area contributed by atoms with Crippen molar-refractivity contribution >= 4 is 56.2 Å². The highest BCUT2D eigenvalue weighted by Gasteiger charge is 2.14. The topological polar surface area (TPSA) is 71.3 Å². The lowest BCUT2D eigenvalue weighted by Crippen LogP contribution is -2.13. The van der Waals surface area contributed by atoms with E-state index >= 15 is 0 Å². The number of nitriles is 1. The van der Waals surface area contributed by atoms with Crippen molar-refractivity contribution in [3.8, 4) is 17.6 Å². The SMILES string of the molecule is CCOc1cc(/C=C(\C#N)C(=O)Nc2ccc(CC)cc2)c(Br)cc1OCc1ccc(I)cc1. The molecule has 0 saturated heterocycles. The molecule has 0 atom stereocenters. The van der Waals surface area contributed by atoms with Gasteiger partial charge in [-0.25, -0.2) is 0 Å². The number of nitrogens with one attached hydrogen (secondary N) is 1. The smallest absolute Gasteiger partial charge is 0.266 e. The lowest BCUT2D eigenvalue weighted by atomic mass is 10.1. The lowest BCUT2D eigenvalue weighted by Gasteiger charge is -2.14. The molecule has 0 heterocycles. The van der Waals surface area contributed by atoms with E-state index in [1.54, 1.807) is 12.1 Å². The van der Waals surface area contributed by atoms with Gasteiger partial charge >= 0.3 is 0 Å². The van der Waals surface area contributed by atoms with Gasteiger partial charge in [-0.15, -0.1) is 0 Å². The maximum absolute atomic E-state index is 12.7. The van der Waals surface area contributed by atoms with Gasteiger partial charge in [0.2, 0.25) is 0 Å². The first-order valence-corrected chi connectivity index (χ1v) is 12.7. The molecule has 7 heteroatoms. The van der Waals surface area contributed by atoms with Gasteiger partial charge in [-0.05, 0) is 95.1 Å². The number of benzene rings is 3. The Hall–Kier alpha value is -2.83. The molecule has 174 valence electrons. The van der Waals surface area contributed by atoms with Gasteiger partial charge in [0, 0.05) is 13.7 Å². The minimum absolute atomic E-state index is 0.0183. The van der Waals surface area contributed by atoms with Gasteiger partial charge in [0.1, 0.15) is 18.2 Å². The quantitative estimate of drug-likeness (QED) is 0.155. The fourth-order valence-corrected chi connectivity index (χ4v) is 3.91. The first-order valence-electron chi connectivity index (χ1n) is 10.8.